The average Bonchev–Trinajstić information content (AvgIpc) is 3.01. The maximum Gasteiger partial charge on any atom is 0.264 e. The zero-order valence-electron chi connectivity index (χ0n) is 25.7. The van der Waals surface area contributed by atoms with Gasteiger partial charge in [0.15, 0.2) is 0 Å². The molecule has 10 heteroatoms. The van der Waals surface area contributed by atoms with E-state index in [4.69, 9.17) is 4.74 Å². The summed E-state index contributed by atoms with van der Waals surface area (Å²) >= 11 is 1.51. The first kappa shape index (κ1) is 34.0. The van der Waals surface area contributed by atoms with E-state index < -0.39 is 28.5 Å². The van der Waals surface area contributed by atoms with Crippen LogP contribution in [-0.2, 0) is 26.2 Å². The van der Waals surface area contributed by atoms with Crippen LogP contribution in [0.15, 0.2) is 82.6 Å². The number of benzene rings is 3. The van der Waals surface area contributed by atoms with Gasteiger partial charge in [-0.15, -0.1) is 11.8 Å². The van der Waals surface area contributed by atoms with E-state index in [9.17, 15) is 18.0 Å². The number of nitrogens with one attached hydrogen (secondary N) is 1. The molecule has 0 saturated heterocycles. The highest BCUT2D eigenvalue weighted by atomic mass is 32.2. The van der Waals surface area contributed by atoms with E-state index in [1.54, 1.807) is 48.5 Å². The number of carbonyl (C=O) groups excluding carboxylic acids is 2. The van der Waals surface area contributed by atoms with Crippen LogP contribution in [0.1, 0.15) is 51.2 Å². The zero-order valence-corrected chi connectivity index (χ0v) is 27.3. The molecular weight excluding hydrogens is 583 g/mol. The van der Waals surface area contributed by atoms with Crippen LogP contribution < -0.4 is 14.4 Å². The largest absolute Gasteiger partial charge is 0.492 e. The molecule has 3 aromatic carbocycles. The molecule has 2 amide bonds. The van der Waals surface area contributed by atoms with Gasteiger partial charge in [-0.2, -0.15) is 0 Å². The second-order valence-electron chi connectivity index (χ2n) is 10.2. The van der Waals surface area contributed by atoms with Gasteiger partial charge in [-0.25, -0.2) is 8.42 Å². The van der Waals surface area contributed by atoms with E-state index in [1.807, 2.05) is 58.2 Å². The number of aryl methyl sites for hydroxylation is 1. The van der Waals surface area contributed by atoms with Crippen LogP contribution in [0.25, 0.3) is 0 Å². The zero-order chi connectivity index (χ0) is 31.4. The van der Waals surface area contributed by atoms with Crippen molar-refractivity contribution in [2.24, 2.45) is 0 Å². The van der Waals surface area contributed by atoms with Crippen molar-refractivity contribution in [2.75, 3.05) is 30.3 Å². The highest BCUT2D eigenvalue weighted by Gasteiger charge is 2.34. The second kappa shape index (κ2) is 16.4. The van der Waals surface area contributed by atoms with Gasteiger partial charge in [0.25, 0.3) is 10.0 Å². The number of para-hydroxylation sites is 2. The van der Waals surface area contributed by atoms with E-state index in [0.717, 1.165) is 33.2 Å². The van der Waals surface area contributed by atoms with Crippen molar-refractivity contribution in [1.29, 1.82) is 0 Å². The lowest BCUT2D eigenvalue weighted by atomic mass is 10.1. The van der Waals surface area contributed by atoms with Gasteiger partial charge in [0.2, 0.25) is 11.8 Å². The number of nitrogens with zero attached hydrogens (tertiary/aromatic N) is 2. The Labute approximate surface area is 260 Å². The molecule has 0 heterocycles. The number of thioether (sulfide) groups is 1. The fraction of sp³-hybridized carbons (Fsp3) is 0.394. The molecule has 0 aliphatic carbocycles. The Kier molecular flexibility index (Phi) is 12.9. The lowest BCUT2D eigenvalue weighted by molar-refractivity contribution is -0.140. The van der Waals surface area contributed by atoms with Crippen LogP contribution in [0.4, 0.5) is 5.69 Å². The molecule has 8 nitrogen and oxygen atoms in total. The van der Waals surface area contributed by atoms with Gasteiger partial charge in [0.1, 0.15) is 18.3 Å². The molecule has 0 unspecified atom stereocenters. The molecule has 1 N–H and O–H groups in total. The molecule has 1 atom stereocenters. The Balaban J connectivity index is 2.08. The van der Waals surface area contributed by atoms with Crippen molar-refractivity contribution in [1.82, 2.24) is 10.2 Å². The van der Waals surface area contributed by atoms with Crippen molar-refractivity contribution in [3.63, 3.8) is 0 Å². The molecule has 3 rings (SSSR count). The van der Waals surface area contributed by atoms with Gasteiger partial charge in [0.05, 0.1) is 17.2 Å². The van der Waals surface area contributed by atoms with Gasteiger partial charge in [0, 0.05) is 18.0 Å². The molecule has 0 saturated carbocycles. The van der Waals surface area contributed by atoms with Crippen molar-refractivity contribution in [2.45, 2.75) is 69.3 Å². The van der Waals surface area contributed by atoms with Crippen molar-refractivity contribution in [3.05, 3.63) is 83.9 Å². The van der Waals surface area contributed by atoms with Crippen LogP contribution in [0.2, 0.25) is 0 Å². The number of ether oxygens (including phenoxy) is 1. The molecule has 0 aliphatic rings. The molecule has 0 bridgehead atoms. The average molecular weight is 626 g/mol. The fourth-order valence-corrected chi connectivity index (χ4v) is 6.48. The summed E-state index contributed by atoms with van der Waals surface area (Å²) in [6.07, 6.45) is 4.03. The van der Waals surface area contributed by atoms with Crippen LogP contribution in [0, 0.1) is 6.92 Å². The topological polar surface area (TPSA) is 96.0 Å². The molecule has 0 radical (unpaired) electrons. The second-order valence-corrected chi connectivity index (χ2v) is 12.9. The van der Waals surface area contributed by atoms with Crippen molar-refractivity contribution in [3.8, 4) is 5.75 Å². The summed E-state index contributed by atoms with van der Waals surface area (Å²) in [5.41, 5.74) is 2.17. The number of hydrogen-bond donors (Lipinski definition) is 1. The highest BCUT2D eigenvalue weighted by Crippen LogP contribution is 2.33. The van der Waals surface area contributed by atoms with Crippen LogP contribution in [0.3, 0.4) is 0 Å². The molecule has 3 aromatic rings. The summed E-state index contributed by atoms with van der Waals surface area (Å²) in [6.45, 7) is 8.15. The van der Waals surface area contributed by atoms with Crippen molar-refractivity contribution < 1.29 is 22.7 Å². The first-order valence-corrected chi connectivity index (χ1v) is 17.3. The lowest BCUT2D eigenvalue weighted by Crippen LogP contribution is -2.52. The van der Waals surface area contributed by atoms with E-state index >= 15 is 0 Å². The molecule has 232 valence electrons. The number of carbonyl (C=O) groups is 2. The third-order valence-corrected chi connectivity index (χ3v) is 9.57. The van der Waals surface area contributed by atoms with Gasteiger partial charge in [-0.3, -0.25) is 13.9 Å². The summed E-state index contributed by atoms with van der Waals surface area (Å²) in [6, 6.07) is 20.3. The third-order valence-electron chi connectivity index (χ3n) is 7.05. The Hall–Kier alpha value is -3.50. The standard InChI is InChI=1S/C33H43N3O5S2/c1-6-9-22-34-33(38)29(7-2)35(23-26-16-14-25(4)15-17-26)32(37)24-36(30-12-10-11-13-31(30)41-8-3)43(39,40)28-20-18-27(42-5)19-21-28/h10-21,29H,6-9,22-24H2,1-5H3,(H,34,38)/t29-/m0/s1. The Bertz CT molecular complexity index is 1440. The molecular formula is C33H43N3O5S2. The van der Waals surface area contributed by atoms with Gasteiger partial charge in [-0.05, 0) is 74.9 Å². The maximum atomic E-state index is 14.3. The third kappa shape index (κ3) is 9.00. The maximum absolute atomic E-state index is 14.3. The Morgan fingerprint density at radius 1 is 0.953 bits per heavy atom. The number of hydrogen-bond acceptors (Lipinski definition) is 6. The minimum atomic E-state index is -4.20. The summed E-state index contributed by atoms with van der Waals surface area (Å²) in [5.74, 6) is -0.404. The van der Waals surface area contributed by atoms with E-state index in [1.165, 1.54) is 16.7 Å². The van der Waals surface area contributed by atoms with Crippen LogP contribution >= 0.6 is 11.8 Å². The lowest BCUT2D eigenvalue weighted by Gasteiger charge is -2.33. The summed E-state index contributed by atoms with van der Waals surface area (Å²) in [5, 5.41) is 2.96. The minimum Gasteiger partial charge on any atom is -0.492 e. The monoisotopic (exact) mass is 625 g/mol. The number of rotatable bonds is 16. The minimum absolute atomic E-state index is 0.0545. The van der Waals surface area contributed by atoms with Gasteiger partial charge >= 0.3 is 0 Å². The van der Waals surface area contributed by atoms with Crippen LogP contribution in [-0.4, -0.2) is 57.1 Å². The summed E-state index contributed by atoms with van der Waals surface area (Å²) in [4.78, 5) is 30.1. The van der Waals surface area contributed by atoms with E-state index in [2.05, 4.69) is 5.32 Å². The molecule has 43 heavy (non-hydrogen) atoms. The van der Waals surface area contributed by atoms with Crippen LogP contribution in [0.5, 0.6) is 5.75 Å². The summed E-state index contributed by atoms with van der Waals surface area (Å²) in [7, 11) is -4.20. The Morgan fingerprint density at radius 2 is 1.63 bits per heavy atom. The number of unbranched alkanes of at least 4 members (excludes halogenated alkanes) is 1. The highest BCUT2D eigenvalue weighted by molar-refractivity contribution is 7.98. The first-order chi connectivity index (χ1) is 20.7. The van der Waals surface area contributed by atoms with Crippen molar-refractivity contribution >= 4 is 39.3 Å². The number of anilines is 1. The Morgan fingerprint density at radius 3 is 2.23 bits per heavy atom. The van der Waals surface area contributed by atoms with Gasteiger partial charge < -0.3 is 15.0 Å². The van der Waals surface area contributed by atoms with E-state index in [-0.39, 0.29) is 23.0 Å². The molecule has 0 spiro atoms. The molecule has 0 aliphatic heterocycles. The predicted octanol–water partition coefficient (Wildman–Crippen LogP) is 6.03. The number of sulfonamides is 1. The van der Waals surface area contributed by atoms with E-state index in [0.29, 0.717) is 25.3 Å². The quantitative estimate of drug-likeness (QED) is 0.154. The fourth-order valence-electron chi connectivity index (χ4n) is 4.64. The normalized spacial score (nSPS) is 11.9. The predicted molar refractivity (Wildman–Crippen MR) is 174 cm³/mol. The molecule has 0 aromatic heterocycles. The smallest absolute Gasteiger partial charge is 0.264 e. The summed E-state index contributed by atoms with van der Waals surface area (Å²) < 4.78 is 35.3. The number of amides is 2. The first-order valence-electron chi connectivity index (χ1n) is 14.7. The SMILES string of the molecule is CCCCNC(=O)[C@H](CC)N(Cc1ccc(C)cc1)C(=O)CN(c1ccccc1OCC)S(=O)(=O)c1ccc(SC)cc1. The van der Waals surface area contributed by atoms with Gasteiger partial charge in [-0.1, -0.05) is 62.2 Å². The molecule has 0 fully saturated rings.